The number of benzene rings is 1. The highest BCUT2D eigenvalue weighted by Crippen LogP contribution is 2.15. The van der Waals surface area contributed by atoms with Gasteiger partial charge in [-0.3, -0.25) is 0 Å². The number of aromatic hydroxyl groups is 1. The van der Waals surface area contributed by atoms with Gasteiger partial charge in [-0.05, 0) is 24.6 Å². The molecule has 0 amide bonds. The molecule has 0 unspecified atom stereocenters. The maximum absolute atomic E-state index is 11.7. The fraction of sp³-hybridized carbons (Fsp3) is 0.273. The predicted molar refractivity (Wildman–Crippen MR) is 61.4 cm³/mol. The summed E-state index contributed by atoms with van der Waals surface area (Å²) < 4.78 is 25.8. The van der Waals surface area contributed by atoms with Gasteiger partial charge in [0.1, 0.15) is 5.75 Å². The molecular formula is C11H13NO3S. The summed E-state index contributed by atoms with van der Waals surface area (Å²) in [4.78, 5) is 0.0493. The van der Waals surface area contributed by atoms with Gasteiger partial charge in [-0.2, -0.15) is 0 Å². The maximum Gasteiger partial charge on any atom is 0.240 e. The summed E-state index contributed by atoms with van der Waals surface area (Å²) in [7, 11) is -3.54. The molecule has 0 aliphatic rings. The van der Waals surface area contributed by atoms with Crippen LogP contribution in [0, 0.1) is 12.3 Å². The van der Waals surface area contributed by atoms with Gasteiger partial charge in [0.25, 0.3) is 0 Å². The van der Waals surface area contributed by atoms with E-state index in [1.54, 1.807) is 0 Å². The van der Waals surface area contributed by atoms with Crippen molar-refractivity contribution < 1.29 is 13.5 Å². The summed E-state index contributed by atoms with van der Waals surface area (Å²) in [6, 6.07) is 5.51. The van der Waals surface area contributed by atoms with Gasteiger partial charge in [0.2, 0.25) is 10.0 Å². The van der Waals surface area contributed by atoms with Crippen LogP contribution in [0.4, 0.5) is 0 Å². The Morgan fingerprint density at radius 2 is 2.19 bits per heavy atom. The summed E-state index contributed by atoms with van der Waals surface area (Å²) in [6.07, 6.45) is 6.17. The third-order valence-electron chi connectivity index (χ3n) is 1.92. The third-order valence-corrected chi connectivity index (χ3v) is 3.38. The van der Waals surface area contributed by atoms with E-state index < -0.39 is 10.0 Å². The molecule has 1 aromatic rings. The highest BCUT2D eigenvalue weighted by atomic mass is 32.2. The van der Waals surface area contributed by atoms with E-state index in [0.717, 1.165) is 0 Å². The van der Waals surface area contributed by atoms with Crippen molar-refractivity contribution in [1.82, 2.24) is 4.72 Å². The van der Waals surface area contributed by atoms with E-state index in [4.69, 9.17) is 11.5 Å². The first kappa shape index (κ1) is 12.6. The molecule has 0 fully saturated rings. The van der Waals surface area contributed by atoms with Crippen molar-refractivity contribution in [3.8, 4) is 18.1 Å². The van der Waals surface area contributed by atoms with Crippen molar-refractivity contribution in [3.63, 3.8) is 0 Å². The molecule has 86 valence electrons. The number of sulfonamides is 1. The molecule has 1 aromatic carbocycles. The molecule has 0 atom stereocenters. The van der Waals surface area contributed by atoms with E-state index >= 15 is 0 Å². The zero-order chi connectivity index (χ0) is 12.0. The molecule has 0 aliphatic heterocycles. The monoisotopic (exact) mass is 239 g/mol. The van der Waals surface area contributed by atoms with Crippen molar-refractivity contribution in [1.29, 1.82) is 0 Å². The van der Waals surface area contributed by atoms with E-state index in [1.807, 2.05) is 0 Å². The molecule has 4 nitrogen and oxygen atoms in total. The van der Waals surface area contributed by atoms with Crippen LogP contribution in [0.25, 0.3) is 0 Å². The number of hydrogen-bond acceptors (Lipinski definition) is 3. The van der Waals surface area contributed by atoms with Crippen LogP contribution in [0.3, 0.4) is 0 Å². The molecule has 0 heterocycles. The third kappa shape index (κ3) is 3.57. The Balaban J connectivity index is 2.68. The minimum absolute atomic E-state index is 0.0493. The Labute approximate surface area is 95.4 Å². The number of terminal acetylenes is 1. The standard InChI is InChI=1S/C11H13NO3S/c1-2-3-4-8-12-16(14,15)11-7-5-6-10(13)9-11/h1,5-7,9,12-13H,3-4,8H2. The Morgan fingerprint density at radius 1 is 1.44 bits per heavy atom. The number of hydrogen-bond donors (Lipinski definition) is 2. The Kier molecular flexibility index (Phi) is 4.35. The molecule has 0 bridgehead atoms. The van der Waals surface area contributed by atoms with Gasteiger partial charge in [0, 0.05) is 13.0 Å². The van der Waals surface area contributed by atoms with E-state index in [2.05, 4.69) is 10.6 Å². The van der Waals surface area contributed by atoms with Crippen molar-refractivity contribution in [2.75, 3.05) is 6.54 Å². The molecule has 0 radical (unpaired) electrons. The Morgan fingerprint density at radius 3 is 2.81 bits per heavy atom. The molecule has 5 heteroatoms. The molecule has 0 saturated heterocycles. The van der Waals surface area contributed by atoms with Crippen LogP contribution < -0.4 is 4.72 Å². The predicted octanol–water partition coefficient (Wildman–Crippen LogP) is 1.08. The first-order valence-electron chi connectivity index (χ1n) is 4.78. The van der Waals surface area contributed by atoms with Crippen LogP contribution in [0.5, 0.6) is 5.75 Å². The van der Waals surface area contributed by atoms with Gasteiger partial charge in [-0.15, -0.1) is 12.3 Å². The lowest BCUT2D eigenvalue weighted by Crippen LogP contribution is -2.24. The fourth-order valence-electron chi connectivity index (χ4n) is 1.13. The first-order chi connectivity index (χ1) is 7.56. The van der Waals surface area contributed by atoms with Crippen LogP contribution in [-0.2, 0) is 10.0 Å². The van der Waals surface area contributed by atoms with Crippen LogP contribution in [0.1, 0.15) is 12.8 Å². The Bertz CT molecular complexity index is 488. The largest absolute Gasteiger partial charge is 0.508 e. The average Bonchev–Trinajstić information content (AvgIpc) is 2.24. The summed E-state index contributed by atoms with van der Waals surface area (Å²) in [5.74, 6) is 2.35. The summed E-state index contributed by atoms with van der Waals surface area (Å²) >= 11 is 0. The quantitative estimate of drug-likeness (QED) is 0.597. The minimum Gasteiger partial charge on any atom is -0.508 e. The van der Waals surface area contributed by atoms with Crippen molar-refractivity contribution in [2.45, 2.75) is 17.7 Å². The topological polar surface area (TPSA) is 66.4 Å². The van der Waals surface area contributed by atoms with Crippen LogP contribution in [0.2, 0.25) is 0 Å². The van der Waals surface area contributed by atoms with E-state index in [9.17, 15) is 8.42 Å². The van der Waals surface area contributed by atoms with E-state index in [1.165, 1.54) is 24.3 Å². The number of phenolic OH excluding ortho intramolecular Hbond substituents is 1. The molecule has 1 rings (SSSR count). The molecular weight excluding hydrogens is 226 g/mol. The average molecular weight is 239 g/mol. The first-order valence-corrected chi connectivity index (χ1v) is 6.27. The highest BCUT2D eigenvalue weighted by molar-refractivity contribution is 7.89. The van der Waals surface area contributed by atoms with Gasteiger partial charge in [-0.25, -0.2) is 13.1 Å². The van der Waals surface area contributed by atoms with Gasteiger partial charge >= 0.3 is 0 Å². The number of unbranched alkanes of at least 4 members (excludes halogenated alkanes) is 1. The normalized spacial score (nSPS) is 10.9. The molecule has 0 spiro atoms. The number of phenols is 1. The van der Waals surface area contributed by atoms with Gasteiger partial charge in [0.15, 0.2) is 0 Å². The maximum atomic E-state index is 11.7. The molecule has 0 saturated carbocycles. The lowest BCUT2D eigenvalue weighted by molar-refractivity contribution is 0.473. The zero-order valence-electron chi connectivity index (χ0n) is 8.68. The van der Waals surface area contributed by atoms with Crippen LogP contribution in [-0.4, -0.2) is 20.1 Å². The molecule has 16 heavy (non-hydrogen) atoms. The Hall–Kier alpha value is -1.51. The zero-order valence-corrected chi connectivity index (χ0v) is 9.50. The second kappa shape index (κ2) is 5.54. The lowest BCUT2D eigenvalue weighted by atomic mass is 10.3. The molecule has 2 N–H and O–H groups in total. The fourth-order valence-corrected chi connectivity index (χ4v) is 2.24. The van der Waals surface area contributed by atoms with E-state index in [0.29, 0.717) is 19.4 Å². The van der Waals surface area contributed by atoms with Crippen molar-refractivity contribution in [3.05, 3.63) is 24.3 Å². The second-order valence-electron chi connectivity index (χ2n) is 3.20. The number of rotatable bonds is 5. The van der Waals surface area contributed by atoms with Crippen molar-refractivity contribution in [2.24, 2.45) is 0 Å². The van der Waals surface area contributed by atoms with Gasteiger partial charge < -0.3 is 5.11 Å². The second-order valence-corrected chi connectivity index (χ2v) is 4.97. The minimum atomic E-state index is -3.54. The SMILES string of the molecule is C#CCCCNS(=O)(=O)c1cccc(O)c1. The molecule has 0 aromatic heterocycles. The smallest absolute Gasteiger partial charge is 0.240 e. The number of nitrogens with one attached hydrogen (secondary N) is 1. The van der Waals surface area contributed by atoms with Crippen molar-refractivity contribution >= 4 is 10.0 Å². The van der Waals surface area contributed by atoms with Crippen LogP contribution in [0.15, 0.2) is 29.2 Å². The van der Waals surface area contributed by atoms with Gasteiger partial charge in [-0.1, -0.05) is 6.07 Å². The summed E-state index contributed by atoms with van der Waals surface area (Å²) in [5, 5.41) is 9.17. The lowest BCUT2D eigenvalue weighted by Gasteiger charge is -2.05. The highest BCUT2D eigenvalue weighted by Gasteiger charge is 2.12. The molecule has 0 aliphatic carbocycles. The van der Waals surface area contributed by atoms with Crippen LogP contribution >= 0.6 is 0 Å². The summed E-state index contributed by atoms with van der Waals surface area (Å²) in [6.45, 7) is 0.294. The summed E-state index contributed by atoms with van der Waals surface area (Å²) in [5.41, 5.74) is 0. The van der Waals surface area contributed by atoms with E-state index in [-0.39, 0.29) is 10.6 Å². The van der Waals surface area contributed by atoms with Gasteiger partial charge in [0.05, 0.1) is 4.90 Å².